The van der Waals surface area contributed by atoms with Crippen molar-refractivity contribution in [3.05, 3.63) is 90.1 Å². The number of rotatable bonds is 1. The van der Waals surface area contributed by atoms with Gasteiger partial charge in [0.05, 0.1) is 5.56 Å². The topological polar surface area (TPSA) is 3.88 Å². The van der Waals surface area contributed by atoms with E-state index < -0.39 is 0 Å². The third-order valence-corrected chi connectivity index (χ3v) is 5.09. The standard InChI is InChI=1S/C23H18N/c1-16-13-23-20-11-5-3-8-18(20)14-24(23)15-22(16)21-12-6-9-17-7-2-4-10-19(17)21/h2-13,15H,14H2,1H3/q+1. The van der Waals surface area contributed by atoms with Gasteiger partial charge in [-0.15, -0.1) is 0 Å². The number of hydrogen-bond acceptors (Lipinski definition) is 0. The van der Waals surface area contributed by atoms with Gasteiger partial charge >= 0.3 is 0 Å². The summed E-state index contributed by atoms with van der Waals surface area (Å²) in [5, 5.41) is 2.61. The molecule has 1 aliphatic heterocycles. The summed E-state index contributed by atoms with van der Waals surface area (Å²) in [6.07, 6.45) is 2.33. The minimum absolute atomic E-state index is 0.962. The van der Waals surface area contributed by atoms with Crippen molar-refractivity contribution in [2.45, 2.75) is 13.5 Å². The first-order valence-corrected chi connectivity index (χ1v) is 8.42. The molecule has 0 amide bonds. The van der Waals surface area contributed by atoms with E-state index in [1.165, 1.54) is 44.3 Å². The molecule has 5 rings (SSSR count). The van der Waals surface area contributed by atoms with E-state index in [0.29, 0.717) is 0 Å². The number of hydrogen-bond donors (Lipinski definition) is 0. The van der Waals surface area contributed by atoms with Crippen LogP contribution in [0.15, 0.2) is 79.0 Å². The fourth-order valence-electron chi connectivity index (χ4n) is 3.89. The molecule has 0 aliphatic carbocycles. The highest BCUT2D eigenvalue weighted by atomic mass is 15.0. The summed E-state index contributed by atoms with van der Waals surface area (Å²) in [4.78, 5) is 0. The molecule has 0 saturated heterocycles. The average Bonchev–Trinajstić information content (AvgIpc) is 2.98. The Morgan fingerprint density at radius 1 is 0.750 bits per heavy atom. The average molecular weight is 308 g/mol. The van der Waals surface area contributed by atoms with Gasteiger partial charge in [0, 0.05) is 17.2 Å². The molecule has 0 spiro atoms. The number of fused-ring (bicyclic) bond motifs is 4. The minimum atomic E-state index is 0.962. The Kier molecular flexibility index (Phi) is 2.83. The molecule has 1 aromatic heterocycles. The van der Waals surface area contributed by atoms with Crippen LogP contribution in [-0.2, 0) is 6.54 Å². The fourth-order valence-corrected chi connectivity index (χ4v) is 3.89. The molecule has 0 N–H and O–H groups in total. The van der Waals surface area contributed by atoms with Gasteiger partial charge in [-0.05, 0) is 34.9 Å². The van der Waals surface area contributed by atoms with Crippen molar-refractivity contribution in [1.82, 2.24) is 0 Å². The first-order chi connectivity index (χ1) is 11.8. The largest absolute Gasteiger partial charge is 0.213 e. The van der Waals surface area contributed by atoms with Gasteiger partial charge in [-0.25, -0.2) is 0 Å². The molecular formula is C23H18N+. The monoisotopic (exact) mass is 308 g/mol. The maximum atomic E-state index is 2.38. The SMILES string of the molecule is Cc1cc2[n+](cc1-c1cccc3ccccc13)Cc1ccccc1-2. The van der Waals surface area contributed by atoms with Gasteiger partial charge in [-0.2, -0.15) is 4.57 Å². The van der Waals surface area contributed by atoms with Gasteiger partial charge < -0.3 is 0 Å². The first kappa shape index (κ1) is 13.5. The van der Waals surface area contributed by atoms with E-state index in [9.17, 15) is 0 Å². The second kappa shape index (κ2) is 5.04. The van der Waals surface area contributed by atoms with E-state index >= 15 is 0 Å². The maximum absolute atomic E-state index is 2.38. The lowest BCUT2D eigenvalue weighted by Crippen LogP contribution is -2.32. The van der Waals surface area contributed by atoms with Crippen molar-refractivity contribution < 1.29 is 4.57 Å². The van der Waals surface area contributed by atoms with Crippen LogP contribution in [0.5, 0.6) is 0 Å². The van der Waals surface area contributed by atoms with Crippen molar-refractivity contribution in [2.24, 2.45) is 0 Å². The molecule has 24 heavy (non-hydrogen) atoms. The predicted octanol–water partition coefficient (Wildman–Crippen LogP) is 5.13. The summed E-state index contributed by atoms with van der Waals surface area (Å²) in [5.74, 6) is 0. The zero-order chi connectivity index (χ0) is 16.1. The Morgan fingerprint density at radius 3 is 2.46 bits per heavy atom. The van der Waals surface area contributed by atoms with E-state index in [1.54, 1.807) is 0 Å². The minimum Gasteiger partial charge on any atom is -0.193 e. The van der Waals surface area contributed by atoms with Crippen LogP contribution >= 0.6 is 0 Å². The highest BCUT2D eigenvalue weighted by Gasteiger charge is 2.27. The lowest BCUT2D eigenvalue weighted by atomic mass is 9.96. The number of aromatic nitrogens is 1. The third kappa shape index (κ3) is 1.91. The lowest BCUT2D eigenvalue weighted by Gasteiger charge is -2.09. The van der Waals surface area contributed by atoms with Crippen molar-refractivity contribution in [2.75, 3.05) is 0 Å². The summed E-state index contributed by atoms with van der Waals surface area (Å²) in [6, 6.07) is 26.3. The summed E-state index contributed by atoms with van der Waals surface area (Å²) in [7, 11) is 0. The van der Waals surface area contributed by atoms with Crippen LogP contribution in [0.2, 0.25) is 0 Å². The van der Waals surface area contributed by atoms with Gasteiger partial charge in [0.25, 0.3) is 0 Å². The number of benzene rings is 3. The Bertz CT molecular complexity index is 1090. The Balaban J connectivity index is 1.75. The predicted molar refractivity (Wildman–Crippen MR) is 98.9 cm³/mol. The molecule has 114 valence electrons. The lowest BCUT2D eigenvalue weighted by molar-refractivity contribution is -0.671. The van der Waals surface area contributed by atoms with Crippen LogP contribution < -0.4 is 4.57 Å². The molecule has 0 atom stereocenters. The molecule has 0 saturated carbocycles. The second-order valence-corrected chi connectivity index (χ2v) is 6.57. The zero-order valence-corrected chi connectivity index (χ0v) is 13.7. The van der Waals surface area contributed by atoms with E-state index in [1.807, 2.05) is 0 Å². The molecule has 0 fully saturated rings. The maximum Gasteiger partial charge on any atom is 0.213 e. The van der Waals surface area contributed by atoms with E-state index in [0.717, 1.165) is 6.54 Å². The summed E-state index contributed by atoms with van der Waals surface area (Å²) in [6.45, 7) is 3.18. The summed E-state index contributed by atoms with van der Waals surface area (Å²) in [5.41, 5.74) is 8.07. The molecule has 2 heterocycles. The van der Waals surface area contributed by atoms with Gasteiger partial charge in [-0.3, -0.25) is 0 Å². The first-order valence-electron chi connectivity index (χ1n) is 8.42. The van der Waals surface area contributed by atoms with E-state index in [4.69, 9.17) is 0 Å². The van der Waals surface area contributed by atoms with Crippen LogP contribution in [0.1, 0.15) is 11.1 Å². The highest BCUT2D eigenvalue weighted by molar-refractivity contribution is 5.97. The number of pyridine rings is 1. The van der Waals surface area contributed by atoms with E-state index in [-0.39, 0.29) is 0 Å². The van der Waals surface area contributed by atoms with Crippen molar-refractivity contribution >= 4 is 10.8 Å². The number of aryl methyl sites for hydroxylation is 1. The quantitative estimate of drug-likeness (QED) is 0.378. The van der Waals surface area contributed by atoms with E-state index in [2.05, 4.69) is 90.5 Å². The fraction of sp³-hybridized carbons (Fsp3) is 0.0870. The van der Waals surface area contributed by atoms with Crippen LogP contribution in [0.4, 0.5) is 0 Å². The van der Waals surface area contributed by atoms with Gasteiger partial charge in [0.2, 0.25) is 5.69 Å². The molecule has 4 aromatic rings. The molecule has 1 heteroatoms. The molecule has 1 nitrogen and oxygen atoms in total. The molecule has 1 aliphatic rings. The smallest absolute Gasteiger partial charge is 0.193 e. The second-order valence-electron chi connectivity index (χ2n) is 6.57. The van der Waals surface area contributed by atoms with Crippen LogP contribution in [-0.4, -0.2) is 0 Å². The van der Waals surface area contributed by atoms with Gasteiger partial charge in [0.15, 0.2) is 12.7 Å². The summed E-state index contributed by atoms with van der Waals surface area (Å²) >= 11 is 0. The van der Waals surface area contributed by atoms with Crippen LogP contribution in [0.25, 0.3) is 33.2 Å². The van der Waals surface area contributed by atoms with Crippen molar-refractivity contribution in [3.63, 3.8) is 0 Å². The molecule has 0 radical (unpaired) electrons. The molecule has 0 bridgehead atoms. The molecule has 0 unspecified atom stereocenters. The third-order valence-electron chi connectivity index (χ3n) is 5.09. The van der Waals surface area contributed by atoms with Crippen molar-refractivity contribution in [1.29, 1.82) is 0 Å². The highest BCUT2D eigenvalue weighted by Crippen LogP contribution is 2.34. The van der Waals surface area contributed by atoms with Gasteiger partial charge in [-0.1, -0.05) is 60.7 Å². The van der Waals surface area contributed by atoms with Gasteiger partial charge in [0.1, 0.15) is 0 Å². The summed E-state index contributed by atoms with van der Waals surface area (Å²) < 4.78 is 2.38. The molecular weight excluding hydrogens is 290 g/mol. The van der Waals surface area contributed by atoms with Crippen molar-refractivity contribution in [3.8, 4) is 22.4 Å². The Hall–Kier alpha value is -2.93. The Morgan fingerprint density at radius 2 is 1.50 bits per heavy atom. The zero-order valence-electron chi connectivity index (χ0n) is 13.7. The normalized spacial score (nSPS) is 12.2. The van der Waals surface area contributed by atoms with Crippen LogP contribution in [0.3, 0.4) is 0 Å². The number of nitrogens with zero attached hydrogens (tertiary/aromatic N) is 1. The van der Waals surface area contributed by atoms with Crippen LogP contribution in [0, 0.1) is 6.92 Å². The molecule has 3 aromatic carbocycles. The Labute approximate surface area is 141 Å².